The number of anilines is 1. The van der Waals surface area contributed by atoms with Gasteiger partial charge in [-0.2, -0.15) is 5.10 Å². The summed E-state index contributed by atoms with van der Waals surface area (Å²) in [4.78, 5) is 23.7. The molecular formula is C20H20ClN3O4. The van der Waals surface area contributed by atoms with E-state index in [1.54, 1.807) is 42.5 Å². The average molecular weight is 402 g/mol. The van der Waals surface area contributed by atoms with E-state index < -0.39 is 11.8 Å². The molecule has 0 aromatic heterocycles. The summed E-state index contributed by atoms with van der Waals surface area (Å²) >= 11 is 5.83. The van der Waals surface area contributed by atoms with Crippen molar-refractivity contribution in [1.82, 2.24) is 5.43 Å². The summed E-state index contributed by atoms with van der Waals surface area (Å²) in [5.74, 6) is -0.656. The van der Waals surface area contributed by atoms with Crippen LogP contribution in [0.5, 0.6) is 11.5 Å². The summed E-state index contributed by atoms with van der Waals surface area (Å²) in [6, 6.07) is 11.6. The molecule has 28 heavy (non-hydrogen) atoms. The number of halogens is 1. The molecule has 0 radical (unpaired) electrons. The second-order valence-corrected chi connectivity index (χ2v) is 5.84. The summed E-state index contributed by atoms with van der Waals surface area (Å²) in [6.07, 6.45) is 3.03. The number of carbonyl (C=O) groups is 2. The molecule has 2 N–H and O–H groups in total. The normalized spacial score (nSPS) is 10.4. The van der Waals surface area contributed by atoms with Gasteiger partial charge < -0.3 is 14.8 Å². The summed E-state index contributed by atoms with van der Waals surface area (Å²) in [7, 11) is 0. The predicted octanol–water partition coefficient (Wildman–Crippen LogP) is 3.39. The largest absolute Gasteiger partial charge is 0.490 e. The molecule has 7 nitrogen and oxygen atoms in total. The van der Waals surface area contributed by atoms with Crippen molar-refractivity contribution in [3.8, 4) is 11.5 Å². The maximum Gasteiger partial charge on any atom is 0.329 e. The minimum absolute atomic E-state index is 0.352. The van der Waals surface area contributed by atoms with E-state index in [1.165, 1.54) is 12.3 Å². The Balaban J connectivity index is 1.97. The van der Waals surface area contributed by atoms with Crippen LogP contribution >= 0.6 is 11.6 Å². The molecule has 0 saturated heterocycles. The van der Waals surface area contributed by atoms with Gasteiger partial charge in [-0.1, -0.05) is 30.3 Å². The Kier molecular flexibility index (Phi) is 8.05. The lowest BCUT2D eigenvalue weighted by molar-refractivity contribution is -0.136. The summed E-state index contributed by atoms with van der Waals surface area (Å²) in [5.41, 5.74) is 3.23. The molecule has 0 aliphatic carbocycles. The van der Waals surface area contributed by atoms with Crippen LogP contribution in [0.3, 0.4) is 0 Å². The van der Waals surface area contributed by atoms with Crippen molar-refractivity contribution in [2.24, 2.45) is 5.10 Å². The highest BCUT2D eigenvalue weighted by Gasteiger charge is 2.13. The van der Waals surface area contributed by atoms with Crippen molar-refractivity contribution >= 4 is 35.3 Å². The standard InChI is InChI=1S/C20H20ClN3O4/c1-3-10-28-17-9-8-14(11-18(17)27-4-2)13-22-24-20(26)19(25)23-16-7-5-6-15(21)12-16/h3,5-9,11-13H,1,4,10H2,2H3,(H,23,25)(H,24,26)/b22-13+. The van der Waals surface area contributed by atoms with Gasteiger partial charge in [-0.15, -0.1) is 0 Å². The molecule has 0 aliphatic rings. The van der Waals surface area contributed by atoms with E-state index in [0.717, 1.165) is 0 Å². The SMILES string of the molecule is C=CCOc1ccc(/C=N/NC(=O)C(=O)Nc2cccc(Cl)c2)cc1OCC. The van der Waals surface area contributed by atoms with Crippen molar-refractivity contribution in [2.45, 2.75) is 6.92 Å². The van der Waals surface area contributed by atoms with Crippen molar-refractivity contribution in [2.75, 3.05) is 18.5 Å². The smallest absolute Gasteiger partial charge is 0.329 e. The first-order valence-corrected chi connectivity index (χ1v) is 8.81. The highest BCUT2D eigenvalue weighted by atomic mass is 35.5. The Morgan fingerprint density at radius 2 is 1.96 bits per heavy atom. The zero-order valence-corrected chi connectivity index (χ0v) is 16.0. The van der Waals surface area contributed by atoms with Gasteiger partial charge in [0.2, 0.25) is 0 Å². The number of hydrazone groups is 1. The van der Waals surface area contributed by atoms with Crippen molar-refractivity contribution in [1.29, 1.82) is 0 Å². The number of amides is 2. The molecule has 2 aromatic rings. The monoisotopic (exact) mass is 401 g/mol. The molecule has 0 aliphatic heterocycles. The molecule has 0 unspecified atom stereocenters. The Morgan fingerprint density at radius 3 is 2.68 bits per heavy atom. The maximum absolute atomic E-state index is 11.9. The number of nitrogens with zero attached hydrogens (tertiary/aromatic N) is 1. The van der Waals surface area contributed by atoms with Gasteiger partial charge in [-0.3, -0.25) is 9.59 Å². The van der Waals surface area contributed by atoms with E-state index in [1.807, 2.05) is 6.92 Å². The topological polar surface area (TPSA) is 89.0 Å². The molecule has 0 spiro atoms. The molecule has 2 amide bonds. The predicted molar refractivity (Wildman–Crippen MR) is 109 cm³/mol. The van der Waals surface area contributed by atoms with Crippen LogP contribution in [0.2, 0.25) is 5.02 Å². The van der Waals surface area contributed by atoms with Crippen LogP contribution in [-0.4, -0.2) is 31.2 Å². The van der Waals surface area contributed by atoms with Gasteiger partial charge in [0.15, 0.2) is 11.5 Å². The maximum atomic E-state index is 11.9. The van der Waals surface area contributed by atoms with Gasteiger partial charge >= 0.3 is 11.8 Å². The Hall–Kier alpha value is -3.32. The fourth-order valence-corrected chi connectivity index (χ4v) is 2.30. The van der Waals surface area contributed by atoms with Crippen molar-refractivity contribution in [3.63, 3.8) is 0 Å². The minimum Gasteiger partial charge on any atom is -0.490 e. The van der Waals surface area contributed by atoms with Crippen LogP contribution in [0, 0.1) is 0 Å². The zero-order chi connectivity index (χ0) is 20.4. The third-order valence-electron chi connectivity index (χ3n) is 3.29. The van der Waals surface area contributed by atoms with Gasteiger partial charge in [0.25, 0.3) is 0 Å². The van der Waals surface area contributed by atoms with Crippen LogP contribution in [0.25, 0.3) is 0 Å². The quantitative estimate of drug-likeness (QED) is 0.307. The number of carbonyl (C=O) groups excluding carboxylic acids is 2. The van der Waals surface area contributed by atoms with E-state index >= 15 is 0 Å². The molecule has 0 atom stereocenters. The van der Waals surface area contributed by atoms with Crippen molar-refractivity contribution in [3.05, 3.63) is 65.7 Å². The van der Waals surface area contributed by atoms with Crippen LogP contribution in [-0.2, 0) is 9.59 Å². The third-order valence-corrected chi connectivity index (χ3v) is 3.53. The van der Waals surface area contributed by atoms with Gasteiger partial charge in [0, 0.05) is 10.7 Å². The zero-order valence-electron chi connectivity index (χ0n) is 15.3. The molecule has 0 fully saturated rings. The van der Waals surface area contributed by atoms with Crippen molar-refractivity contribution < 1.29 is 19.1 Å². The van der Waals surface area contributed by atoms with E-state index in [4.69, 9.17) is 21.1 Å². The summed E-state index contributed by atoms with van der Waals surface area (Å²) in [5, 5.41) is 6.67. The van der Waals surface area contributed by atoms with Crippen LogP contribution in [0.4, 0.5) is 5.69 Å². The molecule has 0 heterocycles. The van der Waals surface area contributed by atoms with E-state index in [9.17, 15) is 9.59 Å². The first-order valence-electron chi connectivity index (χ1n) is 8.44. The second-order valence-electron chi connectivity index (χ2n) is 5.40. The van der Waals surface area contributed by atoms with Crippen LogP contribution in [0.1, 0.15) is 12.5 Å². The average Bonchev–Trinajstić information content (AvgIpc) is 2.67. The second kappa shape index (κ2) is 10.7. The summed E-state index contributed by atoms with van der Waals surface area (Å²) < 4.78 is 11.0. The van der Waals surface area contributed by atoms with Gasteiger partial charge in [-0.25, -0.2) is 5.43 Å². The van der Waals surface area contributed by atoms with Gasteiger partial charge in [0.1, 0.15) is 6.61 Å². The number of hydrogen-bond donors (Lipinski definition) is 2. The molecule has 0 bridgehead atoms. The Bertz CT molecular complexity index is 884. The number of hydrogen-bond acceptors (Lipinski definition) is 5. The number of ether oxygens (including phenoxy) is 2. The number of nitrogens with one attached hydrogen (secondary N) is 2. The lowest BCUT2D eigenvalue weighted by Crippen LogP contribution is -2.32. The lowest BCUT2D eigenvalue weighted by atomic mass is 10.2. The molecule has 146 valence electrons. The van der Waals surface area contributed by atoms with E-state index in [2.05, 4.69) is 22.4 Å². The van der Waals surface area contributed by atoms with E-state index in [0.29, 0.717) is 41.0 Å². The molecule has 0 saturated carbocycles. The van der Waals surface area contributed by atoms with E-state index in [-0.39, 0.29) is 0 Å². The fraction of sp³-hybridized carbons (Fsp3) is 0.150. The Labute approximate surface area is 168 Å². The third kappa shape index (κ3) is 6.44. The highest BCUT2D eigenvalue weighted by Crippen LogP contribution is 2.28. The highest BCUT2D eigenvalue weighted by molar-refractivity contribution is 6.39. The first kappa shape index (κ1) is 21.0. The Morgan fingerprint density at radius 1 is 1.14 bits per heavy atom. The van der Waals surface area contributed by atoms with Gasteiger partial charge in [-0.05, 0) is 48.9 Å². The molecular weight excluding hydrogens is 382 g/mol. The first-order chi connectivity index (χ1) is 13.5. The number of benzene rings is 2. The van der Waals surface area contributed by atoms with Gasteiger partial charge in [0.05, 0.1) is 12.8 Å². The molecule has 2 aromatic carbocycles. The molecule has 8 heteroatoms. The minimum atomic E-state index is -0.910. The van der Waals surface area contributed by atoms with Crippen LogP contribution in [0.15, 0.2) is 60.2 Å². The van der Waals surface area contributed by atoms with Crippen LogP contribution < -0.4 is 20.2 Å². The fourth-order valence-electron chi connectivity index (χ4n) is 2.11. The summed E-state index contributed by atoms with van der Waals surface area (Å²) in [6.45, 7) is 6.28. The lowest BCUT2D eigenvalue weighted by Gasteiger charge is -2.11. The molecule has 2 rings (SSSR count). The number of rotatable bonds is 8.